The molecule has 5 heteroatoms. The van der Waals surface area contributed by atoms with E-state index in [1.54, 1.807) is 6.07 Å². The number of benzene rings is 2. The third kappa shape index (κ3) is 4.42. The second-order valence-electron chi connectivity index (χ2n) is 7.80. The summed E-state index contributed by atoms with van der Waals surface area (Å²) < 4.78 is 0. The highest BCUT2D eigenvalue weighted by Crippen LogP contribution is 2.32. The van der Waals surface area contributed by atoms with Crippen LogP contribution < -0.4 is 10.2 Å². The van der Waals surface area contributed by atoms with Crippen molar-refractivity contribution in [3.8, 4) is 17.1 Å². The van der Waals surface area contributed by atoms with E-state index in [1.807, 2.05) is 18.2 Å². The maximum absolute atomic E-state index is 10.3. The average molecular weight is 379 g/mol. The number of anilines is 1. The molecule has 0 unspecified atom stereocenters. The zero-order valence-electron chi connectivity index (χ0n) is 17.4. The van der Waals surface area contributed by atoms with Crippen molar-refractivity contribution < 1.29 is 5.11 Å². The Kier molecular flexibility index (Phi) is 6.15. The van der Waals surface area contributed by atoms with E-state index in [9.17, 15) is 5.11 Å². The summed E-state index contributed by atoms with van der Waals surface area (Å²) in [5, 5.41) is 14.8. The Morgan fingerprint density at radius 1 is 1.04 bits per heavy atom. The van der Waals surface area contributed by atoms with Gasteiger partial charge in [0.05, 0.1) is 11.1 Å². The SMILES string of the molecule is Cc1ccc2c(N(CCNC(C)C)C(C)C)nc(-c3ccccc3O)nc2c1. The van der Waals surface area contributed by atoms with Crippen LogP contribution in [0.2, 0.25) is 0 Å². The van der Waals surface area contributed by atoms with Gasteiger partial charge in [-0.05, 0) is 50.6 Å². The summed E-state index contributed by atoms with van der Waals surface area (Å²) in [6, 6.07) is 14.2. The summed E-state index contributed by atoms with van der Waals surface area (Å²) >= 11 is 0. The number of rotatable bonds is 7. The molecule has 1 heterocycles. The Morgan fingerprint density at radius 3 is 2.46 bits per heavy atom. The molecule has 1 aromatic heterocycles. The molecule has 5 nitrogen and oxygen atoms in total. The van der Waals surface area contributed by atoms with Crippen LogP contribution in [0.15, 0.2) is 42.5 Å². The molecule has 2 N–H and O–H groups in total. The van der Waals surface area contributed by atoms with Crippen LogP contribution in [-0.4, -0.2) is 40.2 Å². The Hall–Kier alpha value is -2.66. The minimum absolute atomic E-state index is 0.193. The number of phenols is 1. The standard InChI is InChI=1S/C23H30N4O/c1-15(2)24-12-13-27(16(3)4)23-18-11-10-17(5)14-20(18)25-22(26-23)19-8-6-7-9-21(19)28/h6-11,14-16,24,28H,12-13H2,1-5H3. The average Bonchev–Trinajstić information content (AvgIpc) is 2.64. The first-order valence-corrected chi connectivity index (χ1v) is 9.93. The molecule has 0 radical (unpaired) electrons. The zero-order chi connectivity index (χ0) is 20.3. The van der Waals surface area contributed by atoms with E-state index in [0.717, 1.165) is 35.4 Å². The van der Waals surface area contributed by atoms with E-state index in [4.69, 9.17) is 9.97 Å². The van der Waals surface area contributed by atoms with E-state index in [0.29, 0.717) is 17.4 Å². The highest BCUT2D eigenvalue weighted by molar-refractivity contribution is 5.92. The Labute approximate surface area is 167 Å². The van der Waals surface area contributed by atoms with Crippen LogP contribution >= 0.6 is 0 Å². The van der Waals surface area contributed by atoms with Gasteiger partial charge in [-0.25, -0.2) is 9.97 Å². The summed E-state index contributed by atoms with van der Waals surface area (Å²) in [6.07, 6.45) is 0. The molecule has 2 aromatic carbocycles. The van der Waals surface area contributed by atoms with E-state index in [-0.39, 0.29) is 11.8 Å². The molecule has 0 aliphatic heterocycles. The molecule has 3 rings (SSSR count). The van der Waals surface area contributed by atoms with Gasteiger partial charge in [-0.2, -0.15) is 0 Å². The van der Waals surface area contributed by atoms with E-state index < -0.39 is 0 Å². The highest BCUT2D eigenvalue weighted by atomic mass is 16.3. The van der Waals surface area contributed by atoms with Gasteiger partial charge >= 0.3 is 0 Å². The fraction of sp³-hybridized carbons (Fsp3) is 0.391. The highest BCUT2D eigenvalue weighted by Gasteiger charge is 2.19. The number of hydrogen-bond acceptors (Lipinski definition) is 5. The second-order valence-corrected chi connectivity index (χ2v) is 7.80. The molecule has 0 saturated heterocycles. The first-order chi connectivity index (χ1) is 13.4. The number of hydrogen-bond donors (Lipinski definition) is 2. The number of phenolic OH excluding ortho intramolecular Hbond substituents is 1. The second kappa shape index (κ2) is 8.57. The van der Waals surface area contributed by atoms with Crippen molar-refractivity contribution in [2.45, 2.75) is 46.7 Å². The van der Waals surface area contributed by atoms with Crippen molar-refractivity contribution in [1.29, 1.82) is 0 Å². The van der Waals surface area contributed by atoms with Crippen molar-refractivity contribution in [3.05, 3.63) is 48.0 Å². The van der Waals surface area contributed by atoms with Crippen LogP contribution in [0, 0.1) is 6.92 Å². The number of para-hydroxylation sites is 1. The lowest BCUT2D eigenvalue weighted by Crippen LogP contribution is -2.39. The van der Waals surface area contributed by atoms with Crippen molar-refractivity contribution in [2.24, 2.45) is 0 Å². The predicted octanol–water partition coefficient (Wildman–Crippen LogP) is 4.52. The van der Waals surface area contributed by atoms with Crippen LogP contribution in [-0.2, 0) is 0 Å². The lowest BCUT2D eigenvalue weighted by molar-refractivity contribution is 0.477. The fourth-order valence-corrected chi connectivity index (χ4v) is 3.31. The van der Waals surface area contributed by atoms with Gasteiger partial charge < -0.3 is 15.3 Å². The normalized spacial score (nSPS) is 11.5. The van der Waals surface area contributed by atoms with Crippen molar-refractivity contribution in [1.82, 2.24) is 15.3 Å². The molecule has 0 amide bonds. The zero-order valence-corrected chi connectivity index (χ0v) is 17.4. The molecule has 0 spiro atoms. The number of nitrogens with zero attached hydrogens (tertiary/aromatic N) is 3. The molecule has 0 bridgehead atoms. The summed E-state index contributed by atoms with van der Waals surface area (Å²) in [6.45, 7) is 12.4. The number of fused-ring (bicyclic) bond motifs is 1. The minimum atomic E-state index is 0.193. The monoisotopic (exact) mass is 378 g/mol. The molecule has 0 aliphatic rings. The molecular weight excluding hydrogens is 348 g/mol. The van der Waals surface area contributed by atoms with Gasteiger partial charge in [0.15, 0.2) is 5.82 Å². The van der Waals surface area contributed by atoms with Gasteiger partial charge in [-0.3, -0.25) is 0 Å². The molecule has 3 aromatic rings. The lowest BCUT2D eigenvalue weighted by atomic mass is 10.1. The van der Waals surface area contributed by atoms with Crippen LogP contribution in [0.3, 0.4) is 0 Å². The molecule has 0 saturated carbocycles. The third-order valence-electron chi connectivity index (χ3n) is 4.78. The summed E-state index contributed by atoms with van der Waals surface area (Å²) in [7, 11) is 0. The van der Waals surface area contributed by atoms with E-state index in [2.05, 4.69) is 63.0 Å². The maximum Gasteiger partial charge on any atom is 0.165 e. The third-order valence-corrected chi connectivity index (χ3v) is 4.78. The van der Waals surface area contributed by atoms with Crippen LogP contribution in [0.25, 0.3) is 22.3 Å². The first kappa shape index (κ1) is 20.1. The van der Waals surface area contributed by atoms with Gasteiger partial charge in [0.25, 0.3) is 0 Å². The largest absolute Gasteiger partial charge is 0.507 e. The molecular formula is C23H30N4O. The Morgan fingerprint density at radius 2 is 1.79 bits per heavy atom. The van der Waals surface area contributed by atoms with Crippen LogP contribution in [0.1, 0.15) is 33.3 Å². The van der Waals surface area contributed by atoms with Crippen LogP contribution in [0.4, 0.5) is 5.82 Å². The molecule has 0 fully saturated rings. The van der Waals surface area contributed by atoms with E-state index in [1.165, 1.54) is 0 Å². The molecule has 0 aliphatic carbocycles. The smallest absolute Gasteiger partial charge is 0.165 e. The lowest BCUT2D eigenvalue weighted by Gasteiger charge is -2.30. The topological polar surface area (TPSA) is 61.3 Å². The van der Waals surface area contributed by atoms with Gasteiger partial charge in [0.1, 0.15) is 11.6 Å². The van der Waals surface area contributed by atoms with Gasteiger partial charge in [-0.15, -0.1) is 0 Å². The molecule has 148 valence electrons. The number of nitrogens with one attached hydrogen (secondary N) is 1. The number of aromatic nitrogens is 2. The maximum atomic E-state index is 10.3. The van der Waals surface area contributed by atoms with Gasteiger partial charge in [0, 0.05) is 30.6 Å². The summed E-state index contributed by atoms with van der Waals surface area (Å²) in [5.41, 5.74) is 2.69. The summed E-state index contributed by atoms with van der Waals surface area (Å²) in [4.78, 5) is 12.0. The predicted molar refractivity (Wildman–Crippen MR) is 117 cm³/mol. The quantitative estimate of drug-likeness (QED) is 0.633. The van der Waals surface area contributed by atoms with Crippen molar-refractivity contribution >= 4 is 16.7 Å². The number of aryl methyl sites for hydroxylation is 1. The van der Waals surface area contributed by atoms with Crippen LogP contribution in [0.5, 0.6) is 5.75 Å². The number of aromatic hydroxyl groups is 1. The Bertz CT molecular complexity index is 952. The van der Waals surface area contributed by atoms with Gasteiger partial charge in [0.2, 0.25) is 0 Å². The van der Waals surface area contributed by atoms with Crippen molar-refractivity contribution in [3.63, 3.8) is 0 Å². The first-order valence-electron chi connectivity index (χ1n) is 9.93. The molecule has 0 atom stereocenters. The minimum Gasteiger partial charge on any atom is -0.507 e. The Balaban J connectivity index is 2.14. The molecule has 28 heavy (non-hydrogen) atoms. The summed E-state index contributed by atoms with van der Waals surface area (Å²) in [5.74, 6) is 1.65. The van der Waals surface area contributed by atoms with Crippen molar-refractivity contribution in [2.75, 3.05) is 18.0 Å². The fourth-order valence-electron chi connectivity index (χ4n) is 3.31. The van der Waals surface area contributed by atoms with E-state index >= 15 is 0 Å². The van der Waals surface area contributed by atoms with Gasteiger partial charge in [-0.1, -0.05) is 32.0 Å².